The number of hydrogen-bond acceptors (Lipinski definition) is 2. The van der Waals surface area contributed by atoms with Gasteiger partial charge in [-0.25, -0.2) is 4.39 Å². The Labute approximate surface area is 167 Å². The molecule has 0 N–H and O–H groups in total. The van der Waals surface area contributed by atoms with E-state index in [0.29, 0.717) is 12.8 Å². The maximum atomic E-state index is 13.9. The van der Waals surface area contributed by atoms with Gasteiger partial charge in [0.25, 0.3) is 0 Å². The molecule has 0 aromatic heterocycles. The minimum absolute atomic E-state index is 0.00238. The summed E-state index contributed by atoms with van der Waals surface area (Å²) in [5.74, 6) is 2.74. The van der Waals surface area contributed by atoms with E-state index in [1.807, 2.05) is 27.7 Å². The number of ether oxygens (including phenoxy) is 1. The number of rotatable bonds is 3. The Bertz CT molecular complexity index is 424. The van der Waals surface area contributed by atoms with Crippen LogP contribution in [0, 0.1) is 35.5 Å². The van der Waals surface area contributed by atoms with Gasteiger partial charge in [0.15, 0.2) is 0 Å². The van der Waals surface area contributed by atoms with Crippen molar-refractivity contribution in [1.29, 1.82) is 0 Å². The number of hydrogen-bond donors (Lipinski definition) is 0. The molecule has 0 aromatic carbocycles. The highest BCUT2D eigenvalue weighted by Crippen LogP contribution is 2.42. The lowest BCUT2D eigenvalue weighted by Crippen LogP contribution is -2.38. The van der Waals surface area contributed by atoms with Gasteiger partial charge in [0, 0.05) is 0 Å². The minimum atomic E-state index is -0.747. The van der Waals surface area contributed by atoms with E-state index in [1.165, 1.54) is 38.5 Å². The van der Waals surface area contributed by atoms with Crippen molar-refractivity contribution in [2.45, 2.75) is 111 Å². The average Bonchev–Trinajstić information content (AvgIpc) is 2.68. The first-order chi connectivity index (χ1) is 12.9. The van der Waals surface area contributed by atoms with E-state index in [9.17, 15) is 9.18 Å². The van der Waals surface area contributed by atoms with E-state index in [2.05, 4.69) is 6.92 Å². The minimum Gasteiger partial charge on any atom is -0.462 e. The first-order valence-corrected chi connectivity index (χ1v) is 11.8. The van der Waals surface area contributed by atoms with Crippen molar-refractivity contribution in [2.24, 2.45) is 35.5 Å². The number of alkyl halides is 1. The van der Waals surface area contributed by atoms with Gasteiger partial charge in [0.1, 0.15) is 12.3 Å². The zero-order valence-electron chi connectivity index (χ0n) is 18.4. The van der Waals surface area contributed by atoms with Crippen molar-refractivity contribution < 1.29 is 13.9 Å². The van der Waals surface area contributed by atoms with E-state index >= 15 is 0 Å². The smallest absolute Gasteiger partial charge is 0.309 e. The van der Waals surface area contributed by atoms with Crippen LogP contribution in [0.25, 0.3) is 0 Å². The second-order valence-electron chi connectivity index (χ2n) is 9.56. The standard InChI is InChI=1S/C22H37FO2.C2H6/c1-14-4-6-17(7-5-14)18-8-10-19(11-9-18)22(24)25-20-12-15(2)21(23)16(3)13-20;1-2/h14-21H,4-13H2,1-3H3;1-2H3. The van der Waals surface area contributed by atoms with Gasteiger partial charge in [0.05, 0.1) is 5.92 Å². The molecule has 0 aliphatic heterocycles. The molecule has 2 unspecified atom stereocenters. The van der Waals surface area contributed by atoms with Crippen LogP contribution >= 0.6 is 0 Å². The third kappa shape index (κ3) is 6.19. The van der Waals surface area contributed by atoms with Crippen LogP contribution in [0.1, 0.15) is 98.8 Å². The molecule has 27 heavy (non-hydrogen) atoms. The average molecular weight is 383 g/mol. The van der Waals surface area contributed by atoms with Crippen molar-refractivity contribution in [1.82, 2.24) is 0 Å². The van der Waals surface area contributed by atoms with Crippen molar-refractivity contribution in [3.63, 3.8) is 0 Å². The lowest BCUT2D eigenvalue weighted by atomic mass is 9.69. The Kier molecular flexibility index (Phi) is 9.08. The van der Waals surface area contributed by atoms with E-state index < -0.39 is 6.17 Å². The third-order valence-electron chi connectivity index (χ3n) is 7.47. The molecule has 3 aliphatic carbocycles. The molecule has 3 aliphatic rings. The molecule has 0 aromatic rings. The van der Waals surface area contributed by atoms with Gasteiger partial charge in [-0.2, -0.15) is 0 Å². The second kappa shape index (κ2) is 10.8. The molecule has 2 atom stereocenters. The summed E-state index contributed by atoms with van der Waals surface area (Å²) in [7, 11) is 0. The lowest BCUT2D eigenvalue weighted by molar-refractivity contribution is -0.160. The molecule has 0 saturated heterocycles. The number of esters is 1. The summed E-state index contributed by atoms with van der Waals surface area (Å²) in [6, 6.07) is 0. The largest absolute Gasteiger partial charge is 0.462 e. The molecule has 158 valence electrons. The van der Waals surface area contributed by atoms with Gasteiger partial charge in [0.2, 0.25) is 0 Å². The Morgan fingerprint density at radius 1 is 0.778 bits per heavy atom. The highest BCUT2D eigenvalue weighted by atomic mass is 19.1. The fourth-order valence-corrected chi connectivity index (χ4v) is 5.69. The van der Waals surface area contributed by atoms with Crippen LogP contribution in [-0.4, -0.2) is 18.2 Å². The quantitative estimate of drug-likeness (QED) is 0.493. The lowest BCUT2D eigenvalue weighted by Gasteiger charge is -2.38. The fourth-order valence-electron chi connectivity index (χ4n) is 5.69. The summed E-state index contributed by atoms with van der Waals surface area (Å²) in [5, 5.41) is 0. The number of carbonyl (C=O) groups excluding carboxylic acids is 1. The second-order valence-corrected chi connectivity index (χ2v) is 9.56. The Hall–Kier alpha value is -0.600. The summed E-state index contributed by atoms with van der Waals surface area (Å²) in [5.41, 5.74) is 0. The highest BCUT2D eigenvalue weighted by molar-refractivity contribution is 5.72. The van der Waals surface area contributed by atoms with Crippen LogP contribution in [-0.2, 0) is 9.53 Å². The summed E-state index contributed by atoms with van der Waals surface area (Å²) in [6.45, 7) is 10.3. The number of halogens is 1. The predicted octanol–water partition coefficient (Wildman–Crippen LogP) is 6.96. The van der Waals surface area contributed by atoms with Gasteiger partial charge >= 0.3 is 5.97 Å². The van der Waals surface area contributed by atoms with E-state index in [4.69, 9.17) is 4.74 Å². The molecule has 2 nitrogen and oxygen atoms in total. The van der Waals surface area contributed by atoms with Crippen LogP contribution in [0.5, 0.6) is 0 Å². The maximum Gasteiger partial charge on any atom is 0.309 e. The van der Waals surface area contributed by atoms with Gasteiger partial charge in [-0.15, -0.1) is 0 Å². The van der Waals surface area contributed by atoms with Gasteiger partial charge in [-0.3, -0.25) is 4.79 Å². The van der Waals surface area contributed by atoms with E-state index in [-0.39, 0.29) is 29.8 Å². The van der Waals surface area contributed by atoms with Crippen molar-refractivity contribution in [3.05, 3.63) is 0 Å². The molecule has 0 amide bonds. The van der Waals surface area contributed by atoms with Gasteiger partial charge in [-0.1, -0.05) is 47.5 Å². The molecule has 0 heterocycles. The summed E-state index contributed by atoms with van der Waals surface area (Å²) >= 11 is 0. The molecule has 0 bridgehead atoms. The first-order valence-electron chi connectivity index (χ1n) is 11.8. The van der Waals surface area contributed by atoms with Crippen LogP contribution in [0.2, 0.25) is 0 Å². The predicted molar refractivity (Wildman–Crippen MR) is 110 cm³/mol. The molecule has 3 saturated carbocycles. The van der Waals surface area contributed by atoms with Gasteiger partial charge < -0.3 is 4.74 Å². The van der Waals surface area contributed by atoms with Gasteiger partial charge in [-0.05, 0) is 81.0 Å². The Morgan fingerprint density at radius 2 is 1.22 bits per heavy atom. The fraction of sp³-hybridized carbons (Fsp3) is 0.958. The zero-order chi connectivity index (χ0) is 20.0. The molecule has 3 heteroatoms. The Morgan fingerprint density at radius 3 is 1.70 bits per heavy atom. The topological polar surface area (TPSA) is 26.3 Å². The SMILES string of the molecule is CC.CC1CCC(C2CCC(C(=O)OC3CC(C)C(F)C(C)C3)CC2)CC1. The van der Waals surface area contributed by atoms with Crippen LogP contribution in [0.15, 0.2) is 0 Å². The van der Waals surface area contributed by atoms with Crippen molar-refractivity contribution in [3.8, 4) is 0 Å². The van der Waals surface area contributed by atoms with Crippen LogP contribution in [0.4, 0.5) is 4.39 Å². The molecular weight excluding hydrogens is 339 g/mol. The summed E-state index contributed by atoms with van der Waals surface area (Å²) in [6.07, 6.45) is 10.5. The van der Waals surface area contributed by atoms with Crippen molar-refractivity contribution in [2.75, 3.05) is 0 Å². The summed E-state index contributed by atoms with van der Waals surface area (Å²) in [4.78, 5) is 12.6. The maximum absolute atomic E-state index is 13.9. The van der Waals surface area contributed by atoms with E-state index in [1.54, 1.807) is 0 Å². The van der Waals surface area contributed by atoms with Crippen LogP contribution < -0.4 is 0 Å². The first kappa shape index (κ1) is 22.7. The number of carbonyl (C=O) groups is 1. The molecule has 3 fully saturated rings. The molecule has 0 radical (unpaired) electrons. The molecule has 0 spiro atoms. The van der Waals surface area contributed by atoms with E-state index in [0.717, 1.165) is 30.6 Å². The van der Waals surface area contributed by atoms with Crippen molar-refractivity contribution >= 4 is 5.97 Å². The summed E-state index contributed by atoms with van der Waals surface area (Å²) < 4.78 is 19.7. The Balaban J connectivity index is 0.00000126. The normalized spacial score (nSPS) is 42.6. The van der Waals surface area contributed by atoms with Crippen LogP contribution in [0.3, 0.4) is 0 Å². The highest BCUT2D eigenvalue weighted by Gasteiger charge is 2.37. The molecule has 3 rings (SSSR count). The third-order valence-corrected chi connectivity index (χ3v) is 7.47. The monoisotopic (exact) mass is 382 g/mol. The molecular formula is C24H43FO2. The zero-order valence-corrected chi connectivity index (χ0v) is 18.4.